The average molecular weight is 436 g/mol. The molecule has 0 spiro atoms. The summed E-state index contributed by atoms with van der Waals surface area (Å²) in [4.78, 5) is 10.1. The highest BCUT2D eigenvalue weighted by molar-refractivity contribution is 7.17. The monoisotopic (exact) mass is 435 g/mol. The molecule has 0 atom stereocenters. The Balaban J connectivity index is 1.49. The molecule has 5 aromatic rings. The van der Waals surface area contributed by atoms with Crippen LogP contribution in [0, 0.1) is 0 Å². The third-order valence-corrected chi connectivity index (χ3v) is 6.57. The lowest BCUT2D eigenvalue weighted by molar-refractivity contribution is 0.590. The van der Waals surface area contributed by atoms with E-state index in [0.717, 1.165) is 32.8 Å². The number of anilines is 2. The lowest BCUT2D eigenvalue weighted by Crippen LogP contribution is -2.10. The minimum absolute atomic E-state index is 0.132. The summed E-state index contributed by atoms with van der Waals surface area (Å²) in [5.74, 6) is 0.835. The van der Waals surface area contributed by atoms with Crippen LogP contribution in [0.1, 0.15) is 26.3 Å². The lowest BCUT2D eigenvalue weighted by atomic mass is 9.87. The second-order valence-electron chi connectivity index (χ2n) is 8.95. The highest BCUT2D eigenvalue weighted by atomic mass is 32.1. The second kappa shape index (κ2) is 8.21. The molecule has 0 aliphatic carbocycles. The van der Waals surface area contributed by atoms with Crippen LogP contribution in [-0.2, 0) is 5.41 Å². The molecule has 32 heavy (non-hydrogen) atoms. The molecule has 2 aromatic heterocycles. The number of thiophene rings is 1. The van der Waals surface area contributed by atoms with Crippen molar-refractivity contribution in [2.75, 3.05) is 5.32 Å². The fourth-order valence-corrected chi connectivity index (χ4v) is 4.76. The van der Waals surface area contributed by atoms with Crippen molar-refractivity contribution in [2.24, 2.45) is 0 Å². The summed E-state index contributed by atoms with van der Waals surface area (Å²) in [6, 6.07) is 27.8. The first-order valence-electron chi connectivity index (χ1n) is 10.7. The van der Waals surface area contributed by atoms with Gasteiger partial charge in [-0.1, -0.05) is 87.5 Å². The Kier molecular flexibility index (Phi) is 5.24. The van der Waals surface area contributed by atoms with Gasteiger partial charge >= 0.3 is 0 Å². The molecule has 4 heteroatoms. The number of hydrogen-bond donors (Lipinski definition) is 1. The molecule has 0 unspecified atom stereocenters. The smallest absolute Gasteiger partial charge is 0.143 e. The Morgan fingerprint density at radius 3 is 2.06 bits per heavy atom. The molecular weight excluding hydrogens is 410 g/mol. The van der Waals surface area contributed by atoms with E-state index < -0.39 is 0 Å². The van der Waals surface area contributed by atoms with Gasteiger partial charge in [0.15, 0.2) is 0 Å². The number of hydrogen-bond acceptors (Lipinski definition) is 4. The van der Waals surface area contributed by atoms with E-state index in [0.29, 0.717) is 0 Å². The maximum Gasteiger partial charge on any atom is 0.143 e. The molecule has 0 fully saturated rings. The van der Waals surface area contributed by atoms with Crippen LogP contribution in [0.4, 0.5) is 11.5 Å². The van der Waals surface area contributed by atoms with E-state index in [1.54, 1.807) is 17.7 Å². The summed E-state index contributed by atoms with van der Waals surface area (Å²) in [7, 11) is 0. The van der Waals surface area contributed by atoms with Crippen molar-refractivity contribution < 1.29 is 0 Å². The maximum atomic E-state index is 4.58. The molecule has 2 heterocycles. The van der Waals surface area contributed by atoms with Gasteiger partial charge in [-0.2, -0.15) is 0 Å². The third-order valence-electron chi connectivity index (χ3n) is 5.69. The normalized spacial score (nSPS) is 11.6. The minimum atomic E-state index is 0.132. The van der Waals surface area contributed by atoms with Crippen molar-refractivity contribution in [3.8, 4) is 22.3 Å². The predicted octanol–water partition coefficient (Wildman–Crippen LogP) is 8.07. The fraction of sp³-hybridized carbons (Fsp3) is 0.143. The van der Waals surface area contributed by atoms with Crippen LogP contribution >= 0.6 is 11.3 Å². The third kappa shape index (κ3) is 4.02. The summed E-state index contributed by atoms with van der Waals surface area (Å²) < 4.78 is 0. The number of nitrogens with one attached hydrogen (secondary N) is 1. The van der Waals surface area contributed by atoms with Crippen LogP contribution in [0.5, 0.6) is 0 Å². The molecule has 0 amide bonds. The summed E-state index contributed by atoms with van der Waals surface area (Å²) in [6.45, 7) is 6.68. The van der Waals surface area contributed by atoms with E-state index in [1.165, 1.54) is 16.7 Å². The predicted molar refractivity (Wildman–Crippen MR) is 137 cm³/mol. The van der Waals surface area contributed by atoms with Crippen molar-refractivity contribution in [2.45, 2.75) is 26.2 Å². The molecule has 0 saturated carbocycles. The largest absolute Gasteiger partial charge is 0.340 e. The highest BCUT2D eigenvalue weighted by Crippen LogP contribution is 2.38. The van der Waals surface area contributed by atoms with Gasteiger partial charge in [0.05, 0.1) is 5.39 Å². The van der Waals surface area contributed by atoms with Crippen molar-refractivity contribution in [1.82, 2.24) is 9.97 Å². The summed E-state index contributed by atoms with van der Waals surface area (Å²) >= 11 is 1.65. The zero-order valence-corrected chi connectivity index (χ0v) is 19.3. The van der Waals surface area contributed by atoms with E-state index in [1.807, 2.05) is 6.07 Å². The first-order chi connectivity index (χ1) is 15.5. The molecule has 0 saturated heterocycles. The molecule has 0 aliphatic rings. The minimum Gasteiger partial charge on any atom is -0.340 e. The molecule has 3 aromatic carbocycles. The average Bonchev–Trinajstić information content (AvgIpc) is 3.25. The van der Waals surface area contributed by atoms with Gasteiger partial charge in [-0.25, -0.2) is 9.97 Å². The van der Waals surface area contributed by atoms with E-state index >= 15 is 0 Å². The van der Waals surface area contributed by atoms with Crippen LogP contribution in [0.15, 0.2) is 90.6 Å². The maximum absolute atomic E-state index is 4.58. The van der Waals surface area contributed by atoms with Gasteiger partial charge in [0, 0.05) is 16.6 Å². The molecule has 3 nitrogen and oxygen atoms in total. The number of aromatic nitrogens is 2. The number of nitrogens with zero attached hydrogens (tertiary/aromatic N) is 2. The Morgan fingerprint density at radius 1 is 0.719 bits per heavy atom. The van der Waals surface area contributed by atoms with Gasteiger partial charge in [-0.15, -0.1) is 11.3 Å². The van der Waals surface area contributed by atoms with Crippen molar-refractivity contribution >= 4 is 33.1 Å². The van der Waals surface area contributed by atoms with Crippen LogP contribution in [0.2, 0.25) is 0 Å². The molecule has 0 bridgehead atoms. The van der Waals surface area contributed by atoms with Crippen LogP contribution in [0.3, 0.4) is 0 Å². The van der Waals surface area contributed by atoms with Crippen LogP contribution in [-0.4, -0.2) is 9.97 Å². The molecule has 1 N–H and O–H groups in total. The Bertz CT molecular complexity index is 1350. The van der Waals surface area contributed by atoms with Gasteiger partial charge in [0.2, 0.25) is 0 Å². The van der Waals surface area contributed by atoms with Crippen molar-refractivity contribution in [1.29, 1.82) is 0 Å². The second-order valence-corrected chi connectivity index (χ2v) is 9.81. The van der Waals surface area contributed by atoms with Gasteiger partial charge < -0.3 is 5.32 Å². The topological polar surface area (TPSA) is 37.8 Å². The first-order valence-corrected chi connectivity index (χ1v) is 11.6. The molecular formula is C28H25N3S. The van der Waals surface area contributed by atoms with E-state index in [4.69, 9.17) is 0 Å². The standard InChI is InChI=1S/C28H25N3S/c1-28(2,3)22-13-15-23(16-14-22)31-26-25-24(17-32-27(25)30-18-29-26)21-11-9-20(10-12-21)19-7-5-4-6-8-19/h4-18H,1-3H3,(H,29,30,31). The van der Waals surface area contributed by atoms with Gasteiger partial charge in [-0.3, -0.25) is 0 Å². The van der Waals surface area contributed by atoms with Gasteiger partial charge in [0.1, 0.15) is 17.0 Å². The summed E-state index contributed by atoms with van der Waals surface area (Å²) in [5, 5.41) is 6.75. The lowest BCUT2D eigenvalue weighted by Gasteiger charge is -2.19. The zero-order chi connectivity index (χ0) is 22.1. The van der Waals surface area contributed by atoms with Crippen LogP contribution < -0.4 is 5.32 Å². The van der Waals surface area contributed by atoms with E-state index in [2.05, 4.69) is 114 Å². The van der Waals surface area contributed by atoms with E-state index in [9.17, 15) is 0 Å². The first kappa shape index (κ1) is 20.4. The number of benzene rings is 3. The summed E-state index contributed by atoms with van der Waals surface area (Å²) in [6.07, 6.45) is 1.63. The Hall–Kier alpha value is -3.50. The zero-order valence-electron chi connectivity index (χ0n) is 18.5. The van der Waals surface area contributed by atoms with Crippen molar-refractivity contribution in [3.63, 3.8) is 0 Å². The molecule has 0 radical (unpaired) electrons. The van der Waals surface area contributed by atoms with Crippen LogP contribution in [0.25, 0.3) is 32.5 Å². The fourth-order valence-electron chi connectivity index (χ4n) is 3.85. The number of fused-ring (bicyclic) bond motifs is 1. The number of rotatable bonds is 4. The van der Waals surface area contributed by atoms with Gasteiger partial charge in [-0.05, 0) is 39.8 Å². The Labute approximate surface area is 192 Å². The summed E-state index contributed by atoms with van der Waals surface area (Å²) in [5.41, 5.74) is 7.21. The SMILES string of the molecule is CC(C)(C)c1ccc(Nc2ncnc3scc(-c4ccc(-c5ccccc5)cc4)c23)cc1. The molecule has 5 rings (SSSR count). The Morgan fingerprint density at radius 2 is 1.38 bits per heavy atom. The van der Waals surface area contributed by atoms with Crippen molar-refractivity contribution in [3.05, 3.63) is 96.1 Å². The molecule has 158 valence electrons. The quantitative estimate of drug-likeness (QED) is 0.310. The van der Waals surface area contributed by atoms with Gasteiger partial charge in [0.25, 0.3) is 0 Å². The molecule has 0 aliphatic heterocycles. The van der Waals surface area contributed by atoms with E-state index in [-0.39, 0.29) is 5.41 Å². The highest BCUT2D eigenvalue weighted by Gasteiger charge is 2.15.